The van der Waals surface area contributed by atoms with Crippen LogP contribution in [-0.4, -0.2) is 61.9 Å². The van der Waals surface area contributed by atoms with Crippen LogP contribution < -0.4 is 0 Å². The van der Waals surface area contributed by atoms with Crippen LogP contribution in [0.1, 0.15) is 180 Å². The van der Waals surface area contributed by atoms with Crippen LogP contribution >= 0.6 is 0 Å². The van der Waals surface area contributed by atoms with E-state index in [2.05, 4.69) is 0 Å². The lowest BCUT2D eigenvalue weighted by Crippen LogP contribution is -2.83. The zero-order chi connectivity index (χ0) is 36.7. The Kier molecular flexibility index (Phi) is 10.7. The molecule has 7 saturated carbocycles. The second kappa shape index (κ2) is 14.8. The lowest BCUT2D eigenvalue weighted by Gasteiger charge is -2.60. The van der Waals surface area contributed by atoms with E-state index in [1.807, 2.05) is 0 Å². The summed E-state index contributed by atoms with van der Waals surface area (Å²) in [5.74, 6) is 0. The van der Waals surface area contributed by atoms with Crippen LogP contribution in [0.25, 0.3) is 0 Å². The van der Waals surface area contributed by atoms with E-state index in [0.29, 0.717) is 77.0 Å². The van der Waals surface area contributed by atoms with Gasteiger partial charge in [0.25, 0.3) is 0 Å². The maximum atomic E-state index is 19.1. The van der Waals surface area contributed by atoms with Gasteiger partial charge in [-0.25, -0.2) is 12.3 Å². The predicted octanol–water partition coefficient (Wildman–Crippen LogP) is 11.3. The average Bonchev–Trinajstić information content (AvgIpc) is 4.01. The van der Waals surface area contributed by atoms with Crippen molar-refractivity contribution >= 4 is 61.9 Å². The van der Waals surface area contributed by atoms with Crippen molar-refractivity contribution in [3.63, 3.8) is 0 Å². The minimum Gasteiger partial charge on any atom is -0.373 e. The fourth-order valence-corrected chi connectivity index (χ4v) is 54.5. The molecule has 19 heteroatoms. The summed E-state index contributed by atoms with van der Waals surface area (Å²) in [5, 5.41) is 0. The second-order valence-electron chi connectivity index (χ2n) is 18.9. The molecule has 4 bridgehead atoms. The standard InChI is InChI=1S/C35H63F3O9Si7/c36-48(29-15-1-2-16-29)39-51(32-21-7-8-22-32)41-49(37,30-17-3-4-18-30)43-53(34-25-11-12-26-34)44-50(38,31-19-5-6-20-31)42-52(40-48,33-23-9-10-24-33)46-54(45-51,47-53)35-27-13-14-28-35/h29-35H,1-28H2. The van der Waals surface area contributed by atoms with Gasteiger partial charge in [0.2, 0.25) is 0 Å². The van der Waals surface area contributed by atoms with Gasteiger partial charge in [0.1, 0.15) is 0 Å². The van der Waals surface area contributed by atoms with Gasteiger partial charge in [-0.05, 0) is 89.9 Å². The highest BCUT2D eigenvalue weighted by molar-refractivity contribution is 6.99. The van der Waals surface area contributed by atoms with Gasteiger partial charge >= 0.3 is 61.9 Å². The average molecular weight is 881 g/mol. The Balaban J connectivity index is 1.24. The van der Waals surface area contributed by atoms with Crippen molar-refractivity contribution in [3.05, 3.63) is 0 Å². The van der Waals surface area contributed by atoms with Gasteiger partial charge in [-0.2, -0.15) is 0 Å². The summed E-state index contributed by atoms with van der Waals surface area (Å²) in [7, 11) is -32.0. The molecule has 0 unspecified atom stereocenters. The number of rotatable bonds is 7. The Bertz CT molecular complexity index is 1190. The fourth-order valence-electron chi connectivity index (χ4n) is 12.5. The quantitative estimate of drug-likeness (QED) is 0.183. The summed E-state index contributed by atoms with van der Waals surface area (Å²) in [4.78, 5) is 0. The van der Waals surface area contributed by atoms with Crippen molar-refractivity contribution in [2.45, 2.75) is 219 Å². The summed E-state index contributed by atoms with van der Waals surface area (Å²) < 4.78 is 124. The minimum absolute atomic E-state index is 0.181. The van der Waals surface area contributed by atoms with Crippen LogP contribution in [0.2, 0.25) is 38.8 Å². The smallest absolute Gasteiger partial charge is 0.373 e. The van der Waals surface area contributed by atoms with Crippen LogP contribution in [0.3, 0.4) is 0 Å². The maximum Gasteiger partial charge on any atom is 0.528 e. The third kappa shape index (κ3) is 6.71. The Morgan fingerprint density at radius 1 is 0.222 bits per heavy atom. The molecule has 0 atom stereocenters. The number of halogens is 3. The van der Waals surface area contributed by atoms with E-state index in [-0.39, 0.29) is 22.2 Å². The SMILES string of the molecule is F[Si]1(C2CCCC2)O[Si]2(C3CCCC3)O[Si](F)(C3CCCC3)O[Si]3(C4CCCC4)O[Si](F)(C4CCCC4)O[Si](C4CCCC4)(O1)O[Si](C1CCCC1)(O2)O3. The van der Waals surface area contributed by atoms with Gasteiger partial charge < -0.3 is 37.0 Å². The zero-order valence-electron chi connectivity index (χ0n) is 32.1. The van der Waals surface area contributed by atoms with E-state index in [9.17, 15) is 0 Å². The van der Waals surface area contributed by atoms with E-state index in [4.69, 9.17) is 37.0 Å². The molecular formula is C35H63F3O9Si7. The molecular weight excluding hydrogens is 818 g/mol. The molecule has 9 nitrogen and oxygen atoms in total. The molecule has 306 valence electrons. The van der Waals surface area contributed by atoms with Crippen molar-refractivity contribution < 1.29 is 49.4 Å². The molecule has 0 spiro atoms. The molecule has 0 aromatic rings. The van der Waals surface area contributed by atoms with Crippen molar-refractivity contribution in [2.75, 3.05) is 0 Å². The summed E-state index contributed by atoms with van der Waals surface area (Å²) in [6.45, 7) is 0. The van der Waals surface area contributed by atoms with Crippen LogP contribution in [0.15, 0.2) is 0 Å². The molecule has 0 amide bonds. The van der Waals surface area contributed by atoms with Crippen molar-refractivity contribution in [1.82, 2.24) is 0 Å². The van der Waals surface area contributed by atoms with Crippen LogP contribution in [-0.2, 0) is 37.0 Å². The van der Waals surface area contributed by atoms with E-state index >= 15 is 12.3 Å². The predicted molar refractivity (Wildman–Crippen MR) is 209 cm³/mol. The molecule has 54 heavy (non-hydrogen) atoms. The normalized spacial score (nSPS) is 48.5. The second-order valence-corrected chi connectivity index (χ2v) is 40.3. The van der Waals surface area contributed by atoms with Gasteiger partial charge in [-0.3, -0.25) is 0 Å². The summed E-state index contributed by atoms with van der Waals surface area (Å²) in [5.41, 5.74) is -2.68. The highest BCUT2D eigenvalue weighted by atomic mass is 28.6. The number of hydrogen-bond donors (Lipinski definition) is 0. The summed E-state index contributed by atoms with van der Waals surface area (Å²) >= 11 is 0. The molecule has 0 N–H and O–H groups in total. The number of fused-ring (bicyclic) bond motifs is 3. The first-order chi connectivity index (χ1) is 26.1. The zero-order valence-corrected chi connectivity index (χ0v) is 39.1. The van der Waals surface area contributed by atoms with E-state index in [0.717, 1.165) is 103 Å². The van der Waals surface area contributed by atoms with Crippen LogP contribution in [0.4, 0.5) is 12.3 Å². The summed E-state index contributed by atoms with van der Waals surface area (Å²) in [6, 6.07) is 0. The molecule has 10 aliphatic rings. The molecule has 7 aliphatic carbocycles. The monoisotopic (exact) mass is 880 g/mol. The van der Waals surface area contributed by atoms with Gasteiger partial charge in [0, 0.05) is 38.8 Å². The molecule has 3 saturated heterocycles. The molecule has 0 aromatic carbocycles. The molecule has 10 rings (SSSR count). The van der Waals surface area contributed by atoms with Crippen molar-refractivity contribution in [3.8, 4) is 0 Å². The van der Waals surface area contributed by atoms with Gasteiger partial charge in [0.05, 0.1) is 0 Å². The van der Waals surface area contributed by atoms with Crippen LogP contribution in [0, 0.1) is 0 Å². The fraction of sp³-hybridized carbons (Fsp3) is 1.00. The van der Waals surface area contributed by atoms with E-state index in [1.54, 1.807) is 0 Å². The first-order valence-corrected chi connectivity index (χ1v) is 35.0. The topological polar surface area (TPSA) is 83.1 Å². The third-order valence-corrected chi connectivity index (χ3v) is 46.8. The Hall–Kier alpha value is 0.948. The van der Waals surface area contributed by atoms with Gasteiger partial charge in [-0.15, -0.1) is 0 Å². The van der Waals surface area contributed by atoms with Crippen molar-refractivity contribution in [2.24, 2.45) is 0 Å². The Labute approximate surface area is 328 Å². The third-order valence-electron chi connectivity index (χ3n) is 15.5. The van der Waals surface area contributed by atoms with Gasteiger partial charge in [-0.1, -0.05) is 89.9 Å². The largest absolute Gasteiger partial charge is 0.528 e. The first kappa shape index (κ1) is 39.1. The van der Waals surface area contributed by atoms with Crippen molar-refractivity contribution in [1.29, 1.82) is 0 Å². The highest BCUT2D eigenvalue weighted by Crippen LogP contribution is 2.63. The molecule has 3 heterocycles. The van der Waals surface area contributed by atoms with Crippen LogP contribution in [0.5, 0.6) is 0 Å². The van der Waals surface area contributed by atoms with E-state index < -0.39 is 78.5 Å². The lowest BCUT2D eigenvalue weighted by molar-refractivity contribution is 0.00472. The molecule has 0 aromatic heterocycles. The Morgan fingerprint density at radius 3 is 0.556 bits per heavy atom. The minimum atomic E-state index is -4.89. The number of hydrogen-bond acceptors (Lipinski definition) is 9. The molecule has 10 fully saturated rings. The Morgan fingerprint density at radius 2 is 0.370 bits per heavy atom. The van der Waals surface area contributed by atoms with E-state index in [1.165, 1.54) is 0 Å². The highest BCUT2D eigenvalue weighted by Gasteiger charge is 2.83. The summed E-state index contributed by atoms with van der Waals surface area (Å²) in [6.07, 6.45) is 21.9. The maximum absolute atomic E-state index is 19.1. The van der Waals surface area contributed by atoms with Gasteiger partial charge in [0.15, 0.2) is 0 Å². The molecule has 3 aliphatic heterocycles. The lowest BCUT2D eigenvalue weighted by atomic mass is 10.4. The molecule has 0 radical (unpaired) electrons. The first-order valence-electron chi connectivity index (χ1n) is 22.5.